The highest BCUT2D eigenvalue weighted by molar-refractivity contribution is 9.10. The fourth-order valence-electron chi connectivity index (χ4n) is 1.00. The first-order chi connectivity index (χ1) is 6.54. The molecule has 1 N–H and O–H groups in total. The van der Waals surface area contributed by atoms with E-state index in [2.05, 4.69) is 20.9 Å². The van der Waals surface area contributed by atoms with E-state index in [-0.39, 0.29) is 5.92 Å². The SMILES string of the molecule is CC(CCl)Cn1cc(Br)c(=O)[nH]c1=O. The van der Waals surface area contributed by atoms with Crippen LogP contribution < -0.4 is 11.2 Å². The molecular weight excluding hydrogens is 271 g/mol. The van der Waals surface area contributed by atoms with Crippen LogP contribution in [-0.2, 0) is 6.54 Å². The van der Waals surface area contributed by atoms with E-state index in [0.717, 1.165) is 0 Å². The van der Waals surface area contributed by atoms with Crippen LogP contribution >= 0.6 is 27.5 Å². The minimum atomic E-state index is -0.412. The zero-order chi connectivity index (χ0) is 10.7. The van der Waals surface area contributed by atoms with Gasteiger partial charge in [0.15, 0.2) is 0 Å². The van der Waals surface area contributed by atoms with Crippen molar-refractivity contribution in [2.45, 2.75) is 13.5 Å². The number of hydrogen-bond donors (Lipinski definition) is 1. The van der Waals surface area contributed by atoms with E-state index in [9.17, 15) is 9.59 Å². The molecule has 1 heterocycles. The Hall–Kier alpha value is -0.550. The van der Waals surface area contributed by atoms with Crippen molar-refractivity contribution in [3.8, 4) is 0 Å². The predicted molar refractivity (Wildman–Crippen MR) is 58.9 cm³/mol. The van der Waals surface area contributed by atoms with Crippen molar-refractivity contribution in [1.82, 2.24) is 9.55 Å². The van der Waals surface area contributed by atoms with Gasteiger partial charge in [-0.25, -0.2) is 4.79 Å². The Morgan fingerprint density at radius 3 is 2.86 bits per heavy atom. The van der Waals surface area contributed by atoms with Crippen LogP contribution in [0.4, 0.5) is 0 Å². The molecule has 0 aliphatic rings. The predicted octanol–water partition coefficient (Wildman–Crippen LogP) is 1.17. The topological polar surface area (TPSA) is 54.9 Å². The first-order valence-electron chi connectivity index (χ1n) is 4.10. The average Bonchev–Trinajstić information content (AvgIpc) is 2.14. The highest BCUT2D eigenvalue weighted by atomic mass is 79.9. The van der Waals surface area contributed by atoms with Crippen molar-refractivity contribution in [1.29, 1.82) is 0 Å². The molecule has 0 saturated heterocycles. The van der Waals surface area contributed by atoms with Gasteiger partial charge >= 0.3 is 5.69 Å². The first kappa shape index (κ1) is 11.5. The van der Waals surface area contributed by atoms with E-state index < -0.39 is 11.2 Å². The lowest BCUT2D eigenvalue weighted by atomic mass is 10.2. The number of aromatic amines is 1. The summed E-state index contributed by atoms with van der Waals surface area (Å²) in [6, 6.07) is 0. The summed E-state index contributed by atoms with van der Waals surface area (Å²) >= 11 is 8.68. The molecule has 78 valence electrons. The molecule has 1 aromatic heterocycles. The molecule has 0 saturated carbocycles. The van der Waals surface area contributed by atoms with Crippen LogP contribution in [0.25, 0.3) is 0 Å². The third-order valence-electron chi connectivity index (χ3n) is 1.74. The second-order valence-electron chi connectivity index (χ2n) is 3.15. The Kier molecular flexibility index (Phi) is 3.95. The molecule has 6 heteroatoms. The fraction of sp³-hybridized carbons (Fsp3) is 0.500. The van der Waals surface area contributed by atoms with Gasteiger partial charge in [0.05, 0.1) is 4.47 Å². The average molecular weight is 282 g/mol. The van der Waals surface area contributed by atoms with Crippen molar-refractivity contribution in [2.75, 3.05) is 5.88 Å². The van der Waals surface area contributed by atoms with Gasteiger partial charge in [-0.3, -0.25) is 14.3 Å². The molecular formula is C8H10BrClN2O2. The number of alkyl halides is 1. The van der Waals surface area contributed by atoms with Crippen molar-refractivity contribution >= 4 is 27.5 Å². The summed E-state index contributed by atoms with van der Waals surface area (Å²) < 4.78 is 1.78. The van der Waals surface area contributed by atoms with Gasteiger partial charge in [0.2, 0.25) is 0 Å². The zero-order valence-electron chi connectivity index (χ0n) is 7.59. The molecule has 0 bridgehead atoms. The molecule has 1 rings (SSSR count). The zero-order valence-corrected chi connectivity index (χ0v) is 9.93. The molecule has 0 amide bonds. The van der Waals surface area contributed by atoms with Crippen LogP contribution in [0.5, 0.6) is 0 Å². The third-order valence-corrected chi connectivity index (χ3v) is 2.83. The van der Waals surface area contributed by atoms with Crippen LogP contribution in [0, 0.1) is 5.92 Å². The van der Waals surface area contributed by atoms with Gasteiger partial charge in [0.1, 0.15) is 0 Å². The molecule has 0 fully saturated rings. The lowest BCUT2D eigenvalue weighted by Gasteiger charge is -2.09. The monoisotopic (exact) mass is 280 g/mol. The van der Waals surface area contributed by atoms with Gasteiger partial charge in [-0.05, 0) is 21.8 Å². The Morgan fingerprint density at radius 1 is 1.64 bits per heavy atom. The quantitative estimate of drug-likeness (QED) is 0.846. The van der Waals surface area contributed by atoms with Gasteiger partial charge in [-0.15, -0.1) is 11.6 Å². The molecule has 1 atom stereocenters. The van der Waals surface area contributed by atoms with Crippen LogP contribution in [0.15, 0.2) is 20.3 Å². The summed E-state index contributed by atoms with van der Waals surface area (Å²) in [4.78, 5) is 24.5. The lowest BCUT2D eigenvalue weighted by molar-refractivity contribution is 0.505. The van der Waals surface area contributed by atoms with Gasteiger partial charge in [-0.1, -0.05) is 6.92 Å². The Morgan fingerprint density at radius 2 is 2.29 bits per heavy atom. The molecule has 1 unspecified atom stereocenters. The molecule has 0 spiro atoms. The molecule has 14 heavy (non-hydrogen) atoms. The smallest absolute Gasteiger partial charge is 0.299 e. The molecule has 0 aliphatic heterocycles. The Labute approximate surface area is 94.0 Å². The minimum absolute atomic E-state index is 0.187. The molecule has 1 aromatic rings. The van der Waals surface area contributed by atoms with Crippen molar-refractivity contribution in [3.05, 3.63) is 31.5 Å². The van der Waals surface area contributed by atoms with Gasteiger partial charge < -0.3 is 0 Å². The highest BCUT2D eigenvalue weighted by Crippen LogP contribution is 2.03. The second-order valence-corrected chi connectivity index (χ2v) is 4.31. The van der Waals surface area contributed by atoms with E-state index >= 15 is 0 Å². The number of aromatic nitrogens is 2. The first-order valence-corrected chi connectivity index (χ1v) is 5.42. The summed E-state index contributed by atoms with van der Waals surface area (Å²) in [6.07, 6.45) is 1.48. The second kappa shape index (κ2) is 4.79. The van der Waals surface area contributed by atoms with Crippen LogP contribution in [0.2, 0.25) is 0 Å². The number of nitrogens with zero attached hydrogens (tertiary/aromatic N) is 1. The maximum Gasteiger partial charge on any atom is 0.328 e. The normalized spacial score (nSPS) is 12.8. The summed E-state index contributed by atoms with van der Waals surface area (Å²) in [6.45, 7) is 2.43. The number of nitrogens with one attached hydrogen (secondary N) is 1. The fourth-order valence-corrected chi connectivity index (χ4v) is 1.45. The maximum absolute atomic E-state index is 11.3. The van der Waals surface area contributed by atoms with Gasteiger partial charge in [-0.2, -0.15) is 0 Å². The van der Waals surface area contributed by atoms with Crippen LogP contribution in [0.3, 0.4) is 0 Å². The third kappa shape index (κ3) is 2.72. The number of rotatable bonds is 3. The van der Waals surface area contributed by atoms with E-state index in [1.165, 1.54) is 10.8 Å². The van der Waals surface area contributed by atoms with E-state index in [1.807, 2.05) is 6.92 Å². The lowest BCUT2D eigenvalue weighted by Crippen LogP contribution is -2.31. The van der Waals surface area contributed by atoms with Crippen molar-refractivity contribution < 1.29 is 0 Å². The maximum atomic E-state index is 11.3. The number of halogens is 2. The van der Waals surface area contributed by atoms with Crippen LogP contribution in [-0.4, -0.2) is 15.4 Å². The Bertz CT molecular complexity index is 426. The number of hydrogen-bond acceptors (Lipinski definition) is 2. The summed E-state index contributed by atoms with van der Waals surface area (Å²) in [5.74, 6) is 0.663. The summed E-state index contributed by atoms with van der Waals surface area (Å²) in [5.41, 5.74) is -0.819. The summed E-state index contributed by atoms with van der Waals surface area (Å²) in [5, 5.41) is 0. The molecule has 0 aliphatic carbocycles. The highest BCUT2D eigenvalue weighted by Gasteiger charge is 2.05. The molecule has 4 nitrogen and oxygen atoms in total. The minimum Gasteiger partial charge on any atom is -0.299 e. The van der Waals surface area contributed by atoms with E-state index in [1.54, 1.807) is 0 Å². The van der Waals surface area contributed by atoms with Crippen molar-refractivity contribution in [3.63, 3.8) is 0 Å². The number of H-pyrrole nitrogens is 1. The largest absolute Gasteiger partial charge is 0.328 e. The standard InChI is InChI=1S/C8H10BrClN2O2/c1-5(2-10)3-12-4-6(9)7(13)11-8(12)14/h4-5H,2-3H2,1H3,(H,11,13,14). The summed E-state index contributed by atoms with van der Waals surface area (Å²) in [7, 11) is 0. The molecule has 0 aromatic carbocycles. The van der Waals surface area contributed by atoms with Crippen LogP contribution in [0.1, 0.15) is 6.92 Å². The Balaban J connectivity index is 3.04. The van der Waals surface area contributed by atoms with Gasteiger partial charge in [0.25, 0.3) is 5.56 Å². The molecule has 0 radical (unpaired) electrons. The van der Waals surface area contributed by atoms with E-state index in [4.69, 9.17) is 11.6 Å². The van der Waals surface area contributed by atoms with Gasteiger partial charge in [0, 0.05) is 18.6 Å². The van der Waals surface area contributed by atoms with E-state index in [0.29, 0.717) is 16.9 Å². The van der Waals surface area contributed by atoms with Crippen molar-refractivity contribution in [2.24, 2.45) is 5.92 Å².